The van der Waals surface area contributed by atoms with Crippen molar-refractivity contribution in [2.24, 2.45) is 0 Å². The molecular formula is C14H31N. The molecule has 15 heavy (non-hydrogen) atoms. The smallest absolute Gasteiger partial charge is 0.00412 e. The van der Waals surface area contributed by atoms with E-state index in [4.69, 9.17) is 0 Å². The van der Waals surface area contributed by atoms with Gasteiger partial charge in [-0.25, -0.2) is 0 Å². The fourth-order valence-electron chi connectivity index (χ4n) is 2.14. The molecule has 0 aromatic carbocycles. The van der Waals surface area contributed by atoms with Crippen LogP contribution < -0.4 is 5.32 Å². The van der Waals surface area contributed by atoms with Crippen molar-refractivity contribution >= 4 is 0 Å². The number of nitrogens with one attached hydrogen (secondary N) is 1. The van der Waals surface area contributed by atoms with Gasteiger partial charge in [-0.2, -0.15) is 0 Å². The van der Waals surface area contributed by atoms with Crippen LogP contribution in [-0.2, 0) is 0 Å². The van der Waals surface area contributed by atoms with E-state index in [1.165, 1.54) is 51.4 Å². The van der Waals surface area contributed by atoms with Gasteiger partial charge in [0.25, 0.3) is 0 Å². The van der Waals surface area contributed by atoms with Crippen LogP contribution in [0.1, 0.15) is 79.1 Å². The zero-order valence-corrected chi connectivity index (χ0v) is 11.3. The highest BCUT2D eigenvalue weighted by Crippen LogP contribution is 2.08. The van der Waals surface area contributed by atoms with E-state index < -0.39 is 0 Å². The van der Waals surface area contributed by atoms with Crippen LogP contribution in [0.15, 0.2) is 0 Å². The van der Waals surface area contributed by atoms with Gasteiger partial charge in [-0.15, -0.1) is 0 Å². The van der Waals surface area contributed by atoms with Crippen molar-refractivity contribution in [3.8, 4) is 0 Å². The van der Waals surface area contributed by atoms with Gasteiger partial charge >= 0.3 is 0 Å². The maximum absolute atomic E-state index is 3.67. The fraction of sp³-hybridized carbons (Fsp3) is 1.00. The lowest BCUT2D eigenvalue weighted by Gasteiger charge is -2.19. The molecule has 2 atom stereocenters. The Bertz CT molecular complexity index is 123. The molecule has 1 N–H and O–H groups in total. The van der Waals surface area contributed by atoms with Gasteiger partial charge in [0.05, 0.1) is 0 Å². The van der Waals surface area contributed by atoms with Gasteiger partial charge in [-0.1, -0.05) is 52.4 Å². The lowest BCUT2D eigenvalue weighted by Crippen LogP contribution is -2.34. The number of hydrogen-bond donors (Lipinski definition) is 1. The molecular weight excluding hydrogens is 182 g/mol. The van der Waals surface area contributed by atoms with Gasteiger partial charge in [-0.3, -0.25) is 0 Å². The number of unbranched alkanes of at least 4 members (excludes halogenated alkanes) is 4. The molecule has 0 amide bonds. The summed E-state index contributed by atoms with van der Waals surface area (Å²) in [7, 11) is 0. The zero-order valence-electron chi connectivity index (χ0n) is 11.3. The largest absolute Gasteiger partial charge is 0.312 e. The molecule has 1 nitrogen and oxygen atoms in total. The summed E-state index contributed by atoms with van der Waals surface area (Å²) in [6, 6.07) is 1.40. The first kappa shape index (κ1) is 15.0. The van der Waals surface area contributed by atoms with E-state index in [0.29, 0.717) is 12.1 Å². The summed E-state index contributed by atoms with van der Waals surface area (Å²) in [5.74, 6) is 0. The molecule has 0 bridgehead atoms. The molecule has 0 aliphatic rings. The Labute approximate surface area is 97.0 Å². The normalized spacial score (nSPS) is 15.2. The maximum atomic E-state index is 3.67. The van der Waals surface area contributed by atoms with Crippen LogP contribution in [0, 0.1) is 0 Å². The summed E-state index contributed by atoms with van der Waals surface area (Å²) in [6.07, 6.45) is 10.9. The third-order valence-electron chi connectivity index (χ3n) is 3.03. The Hall–Kier alpha value is -0.0400. The summed E-state index contributed by atoms with van der Waals surface area (Å²) in [6.45, 7) is 9.16. The summed E-state index contributed by atoms with van der Waals surface area (Å²) in [5, 5.41) is 3.67. The monoisotopic (exact) mass is 213 g/mol. The first-order valence-corrected chi connectivity index (χ1v) is 6.96. The average molecular weight is 213 g/mol. The molecule has 0 saturated heterocycles. The lowest BCUT2D eigenvalue weighted by atomic mass is 10.1. The number of rotatable bonds is 10. The van der Waals surface area contributed by atoms with Crippen molar-refractivity contribution in [3.63, 3.8) is 0 Å². The van der Waals surface area contributed by atoms with Gasteiger partial charge in [0.2, 0.25) is 0 Å². The van der Waals surface area contributed by atoms with Crippen LogP contribution in [0.5, 0.6) is 0 Å². The minimum Gasteiger partial charge on any atom is -0.312 e. The summed E-state index contributed by atoms with van der Waals surface area (Å²) >= 11 is 0. The second-order valence-electron chi connectivity index (χ2n) is 4.96. The maximum Gasteiger partial charge on any atom is 0.00412 e. The van der Waals surface area contributed by atoms with Crippen LogP contribution >= 0.6 is 0 Å². The fourth-order valence-corrected chi connectivity index (χ4v) is 2.14. The van der Waals surface area contributed by atoms with Gasteiger partial charge in [0, 0.05) is 12.1 Å². The van der Waals surface area contributed by atoms with Crippen molar-refractivity contribution < 1.29 is 0 Å². The van der Waals surface area contributed by atoms with Gasteiger partial charge in [-0.05, 0) is 26.7 Å². The van der Waals surface area contributed by atoms with Crippen molar-refractivity contribution in [2.75, 3.05) is 0 Å². The van der Waals surface area contributed by atoms with Crippen molar-refractivity contribution in [3.05, 3.63) is 0 Å². The highest BCUT2D eigenvalue weighted by Gasteiger charge is 2.05. The van der Waals surface area contributed by atoms with E-state index in [0.717, 1.165) is 0 Å². The van der Waals surface area contributed by atoms with E-state index in [1.54, 1.807) is 0 Å². The molecule has 0 fully saturated rings. The minimum absolute atomic E-state index is 0.695. The quantitative estimate of drug-likeness (QED) is 0.526. The van der Waals surface area contributed by atoms with E-state index in [1.807, 2.05) is 0 Å². The first-order valence-electron chi connectivity index (χ1n) is 6.96. The van der Waals surface area contributed by atoms with E-state index in [9.17, 15) is 0 Å². The predicted octanol–water partition coefficient (Wildman–Crippen LogP) is 4.51. The van der Waals surface area contributed by atoms with Crippen molar-refractivity contribution in [1.82, 2.24) is 5.32 Å². The molecule has 0 aromatic rings. The molecule has 0 spiro atoms. The Morgan fingerprint density at radius 3 is 1.93 bits per heavy atom. The molecule has 0 aliphatic carbocycles. The molecule has 92 valence electrons. The minimum atomic E-state index is 0.695. The Balaban J connectivity index is 3.28. The second kappa shape index (κ2) is 10.5. The molecule has 0 radical (unpaired) electrons. The topological polar surface area (TPSA) is 12.0 Å². The van der Waals surface area contributed by atoms with E-state index in [2.05, 4.69) is 33.0 Å². The van der Waals surface area contributed by atoms with Crippen LogP contribution in [0.3, 0.4) is 0 Å². The standard InChI is InChI=1S/C14H31N/c1-5-7-8-9-10-12-14(4)15-13(3)11-6-2/h13-15H,5-12H2,1-4H3. The third-order valence-corrected chi connectivity index (χ3v) is 3.03. The number of hydrogen-bond acceptors (Lipinski definition) is 1. The first-order chi connectivity index (χ1) is 7.20. The SMILES string of the molecule is CCCCCCCC(C)NC(C)CCC. The lowest BCUT2D eigenvalue weighted by molar-refractivity contribution is 0.412. The van der Waals surface area contributed by atoms with Crippen molar-refractivity contribution in [2.45, 2.75) is 91.1 Å². The highest BCUT2D eigenvalue weighted by molar-refractivity contribution is 4.67. The summed E-state index contributed by atoms with van der Waals surface area (Å²) in [4.78, 5) is 0. The van der Waals surface area contributed by atoms with Gasteiger partial charge < -0.3 is 5.32 Å². The van der Waals surface area contributed by atoms with Crippen molar-refractivity contribution in [1.29, 1.82) is 0 Å². The highest BCUT2D eigenvalue weighted by atomic mass is 14.9. The Morgan fingerprint density at radius 2 is 1.33 bits per heavy atom. The third kappa shape index (κ3) is 10.2. The van der Waals surface area contributed by atoms with E-state index in [-0.39, 0.29) is 0 Å². The zero-order chi connectivity index (χ0) is 11.5. The van der Waals surface area contributed by atoms with Crippen LogP contribution in [0.4, 0.5) is 0 Å². The molecule has 0 rings (SSSR count). The average Bonchev–Trinajstić information content (AvgIpc) is 2.17. The van der Waals surface area contributed by atoms with Gasteiger partial charge in [0.1, 0.15) is 0 Å². The molecule has 0 aliphatic heterocycles. The van der Waals surface area contributed by atoms with Crippen LogP contribution in [0.2, 0.25) is 0 Å². The Kier molecular flexibility index (Phi) is 10.4. The van der Waals surface area contributed by atoms with Crippen LogP contribution in [-0.4, -0.2) is 12.1 Å². The molecule has 2 unspecified atom stereocenters. The predicted molar refractivity (Wildman–Crippen MR) is 70.3 cm³/mol. The van der Waals surface area contributed by atoms with Gasteiger partial charge in [0.15, 0.2) is 0 Å². The summed E-state index contributed by atoms with van der Waals surface area (Å²) in [5.41, 5.74) is 0. The molecule has 0 aromatic heterocycles. The molecule has 0 heterocycles. The second-order valence-corrected chi connectivity index (χ2v) is 4.96. The van der Waals surface area contributed by atoms with E-state index >= 15 is 0 Å². The molecule has 1 heteroatoms. The molecule has 0 saturated carbocycles. The van der Waals surface area contributed by atoms with Crippen LogP contribution in [0.25, 0.3) is 0 Å². The Morgan fingerprint density at radius 1 is 0.733 bits per heavy atom. The summed E-state index contributed by atoms with van der Waals surface area (Å²) < 4.78 is 0.